The standard InChI is InChI=1S/C31H36N2O4/c1-31(2)21-29(34)28(30(35)22-31)12-11-27(23-3-7-25(8-4-23)32-13-17-36-18-14-32)24-5-9-26(10-6-24)33-15-19-37-20-16-33/h3-12H,13-22H2,1-2H3. The number of carbonyl (C=O) groups is 2. The maximum Gasteiger partial charge on any atom is 0.166 e. The molecule has 6 nitrogen and oxygen atoms in total. The van der Waals surface area contributed by atoms with Crippen molar-refractivity contribution in [2.75, 3.05) is 62.4 Å². The summed E-state index contributed by atoms with van der Waals surface area (Å²) >= 11 is 0. The van der Waals surface area contributed by atoms with Crippen molar-refractivity contribution < 1.29 is 19.1 Å². The molecule has 3 fully saturated rings. The normalized spacial score (nSPS) is 20.1. The average Bonchev–Trinajstić information content (AvgIpc) is 2.91. The zero-order valence-corrected chi connectivity index (χ0v) is 21.9. The van der Waals surface area contributed by atoms with Gasteiger partial charge in [0.05, 0.1) is 32.0 Å². The van der Waals surface area contributed by atoms with E-state index in [0.717, 1.165) is 69.3 Å². The molecule has 2 aromatic carbocycles. The number of hydrogen-bond acceptors (Lipinski definition) is 6. The van der Waals surface area contributed by atoms with Crippen LogP contribution in [-0.2, 0) is 19.1 Å². The van der Waals surface area contributed by atoms with Crippen molar-refractivity contribution >= 4 is 28.5 Å². The van der Waals surface area contributed by atoms with Crippen molar-refractivity contribution in [1.29, 1.82) is 0 Å². The first-order valence-corrected chi connectivity index (χ1v) is 13.2. The number of carbonyl (C=O) groups excluding carboxylic acids is 2. The fourth-order valence-corrected chi connectivity index (χ4v) is 5.34. The molecule has 194 valence electrons. The number of ether oxygens (including phenoxy) is 2. The lowest BCUT2D eigenvalue weighted by Crippen LogP contribution is -2.36. The number of benzene rings is 2. The molecule has 3 aliphatic rings. The molecule has 2 saturated heterocycles. The number of nitrogens with zero attached hydrogens (tertiary/aromatic N) is 2. The minimum absolute atomic E-state index is 0.0674. The van der Waals surface area contributed by atoms with Crippen LogP contribution in [0.4, 0.5) is 11.4 Å². The number of allylic oxidation sites excluding steroid dienone is 3. The predicted octanol–water partition coefficient (Wildman–Crippen LogP) is 4.68. The van der Waals surface area contributed by atoms with Gasteiger partial charge in [0, 0.05) is 50.4 Å². The summed E-state index contributed by atoms with van der Waals surface area (Å²) in [5, 5.41) is 0. The fourth-order valence-electron chi connectivity index (χ4n) is 5.34. The number of anilines is 2. The Labute approximate surface area is 219 Å². The highest BCUT2D eigenvalue weighted by Crippen LogP contribution is 2.34. The van der Waals surface area contributed by atoms with Crippen LogP contribution >= 0.6 is 0 Å². The molecule has 0 amide bonds. The number of hydrogen-bond donors (Lipinski definition) is 0. The van der Waals surface area contributed by atoms with Gasteiger partial charge in [-0.25, -0.2) is 0 Å². The minimum atomic E-state index is -0.275. The summed E-state index contributed by atoms with van der Waals surface area (Å²) in [6.07, 6.45) is 4.48. The zero-order chi connectivity index (χ0) is 25.8. The minimum Gasteiger partial charge on any atom is -0.378 e. The van der Waals surface area contributed by atoms with Crippen LogP contribution in [0.25, 0.3) is 5.57 Å². The summed E-state index contributed by atoms with van der Waals surface area (Å²) in [4.78, 5) is 30.3. The molecule has 0 spiro atoms. The van der Waals surface area contributed by atoms with Crippen LogP contribution in [0.2, 0.25) is 0 Å². The van der Waals surface area contributed by atoms with Gasteiger partial charge in [0.25, 0.3) is 0 Å². The maximum atomic E-state index is 12.8. The van der Waals surface area contributed by atoms with E-state index < -0.39 is 0 Å². The van der Waals surface area contributed by atoms with Gasteiger partial charge >= 0.3 is 0 Å². The van der Waals surface area contributed by atoms with Gasteiger partial charge in [-0.3, -0.25) is 9.59 Å². The van der Waals surface area contributed by atoms with Crippen LogP contribution in [0.1, 0.15) is 37.8 Å². The number of Topliss-reactive ketones (excluding diaryl/α,β-unsaturated/α-hetero) is 2. The Morgan fingerprint density at radius 2 is 1.11 bits per heavy atom. The Hall–Kier alpha value is -3.22. The fraction of sp³-hybridized carbons (Fsp3) is 0.419. The lowest BCUT2D eigenvalue weighted by Gasteiger charge is -2.29. The first-order valence-electron chi connectivity index (χ1n) is 13.2. The van der Waals surface area contributed by atoms with E-state index in [1.165, 1.54) is 11.4 Å². The molecule has 0 aromatic heterocycles. The molecular weight excluding hydrogens is 464 g/mol. The van der Waals surface area contributed by atoms with Gasteiger partial charge in [-0.1, -0.05) is 44.2 Å². The molecule has 0 N–H and O–H groups in total. The third kappa shape index (κ3) is 6.03. The molecule has 1 saturated carbocycles. The van der Waals surface area contributed by atoms with Gasteiger partial charge in [-0.2, -0.15) is 0 Å². The highest BCUT2D eigenvalue weighted by atomic mass is 16.5. The maximum absolute atomic E-state index is 12.8. The third-order valence-corrected chi connectivity index (χ3v) is 7.40. The number of rotatable bonds is 5. The third-order valence-electron chi connectivity index (χ3n) is 7.40. The van der Waals surface area contributed by atoms with Gasteiger partial charge < -0.3 is 19.3 Å². The van der Waals surface area contributed by atoms with Gasteiger partial charge in [0.15, 0.2) is 11.6 Å². The first kappa shape index (κ1) is 25.4. The zero-order valence-electron chi connectivity index (χ0n) is 21.9. The predicted molar refractivity (Wildman–Crippen MR) is 147 cm³/mol. The molecule has 37 heavy (non-hydrogen) atoms. The van der Waals surface area contributed by atoms with Crippen molar-refractivity contribution in [1.82, 2.24) is 0 Å². The summed E-state index contributed by atoms with van der Waals surface area (Å²) in [6.45, 7) is 10.5. The Morgan fingerprint density at radius 3 is 1.51 bits per heavy atom. The van der Waals surface area contributed by atoms with Crippen molar-refractivity contribution in [3.8, 4) is 0 Å². The van der Waals surface area contributed by atoms with E-state index in [1.807, 2.05) is 19.9 Å². The molecule has 5 rings (SSSR count). The van der Waals surface area contributed by atoms with Crippen LogP contribution < -0.4 is 9.80 Å². The van der Waals surface area contributed by atoms with E-state index in [9.17, 15) is 9.59 Å². The van der Waals surface area contributed by atoms with E-state index in [0.29, 0.717) is 18.4 Å². The van der Waals surface area contributed by atoms with Crippen molar-refractivity contribution in [3.63, 3.8) is 0 Å². The molecular formula is C31H36N2O4. The molecule has 0 radical (unpaired) electrons. The first-order chi connectivity index (χ1) is 17.9. The second kappa shape index (κ2) is 11.0. The molecule has 2 aromatic rings. The van der Waals surface area contributed by atoms with E-state index >= 15 is 0 Å². The van der Waals surface area contributed by atoms with E-state index in [-0.39, 0.29) is 17.0 Å². The molecule has 1 aliphatic carbocycles. The summed E-state index contributed by atoms with van der Waals surface area (Å²) < 4.78 is 11.0. The lowest BCUT2D eigenvalue weighted by atomic mass is 9.74. The van der Waals surface area contributed by atoms with Crippen molar-refractivity contribution in [2.45, 2.75) is 26.7 Å². The monoisotopic (exact) mass is 500 g/mol. The molecule has 2 heterocycles. The van der Waals surface area contributed by atoms with Crippen LogP contribution in [0.3, 0.4) is 0 Å². The van der Waals surface area contributed by atoms with E-state index in [4.69, 9.17) is 9.47 Å². The van der Waals surface area contributed by atoms with Gasteiger partial charge in [0.2, 0.25) is 0 Å². The van der Waals surface area contributed by atoms with Crippen molar-refractivity contribution in [2.24, 2.45) is 5.41 Å². The molecule has 0 bridgehead atoms. The quantitative estimate of drug-likeness (QED) is 0.439. The highest BCUT2D eigenvalue weighted by molar-refractivity contribution is 6.22. The molecule has 0 atom stereocenters. The van der Waals surface area contributed by atoms with Crippen molar-refractivity contribution in [3.05, 3.63) is 77.4 Å². The van der Waals surface area contributed by atoms with E-state index in [1.54, 1.807) is 6.08 Å². The molecule has 0 unspecified atom stereocenters. The summed E-state index contributed by atoms with van der Waals surface area (Å²) in [7, 11) is 0. The van der Waals surface area contributed by atoms with Gasteiger partial charge in [-0.15, -0.1) is 0 Å². The largest absolute Gasteiger partial charge is 0.378 e. The Kier molecular flexibility index (Phi) is 7.58. The SMILES string of the molecule is CC1(C)CC(=O)C(=CC=C(c2ccc(N3CCOCC3)cc2)c2ccc(N3CCOCC3)cc2)C(=O)C1. The summed E-state index contributed by atoms with van der Waals surface area (Å²) in [5.41, 5.74) is 5.46. The Bertz CT molecular complexity index is 1100. The highest BCUT2D eigenvalue weighted by Gasteiger charge is 2.35. The summed E-state index contributed by atoms with van der Waals surface area (Å²) in [6, 6.07) is 17.1. The van der Waals surface area contributed by atoms with Crippen LogP contribution in [-0.4, -0.2) is 64.2 Å². The van der Waals surface area contributed by atoms with Crippen LogP contribution in [0.15, 0.2) is 66.3 Å². The molecule has 6 heteroatoms. The Morgan fingerprint density at radius 1 is 0.703 bits per heavy atom. The second-order valence-corrected chi connectivity index (χ2v) is 10.8. The van der Waals surface area contributed by atoms with Gasteiger partial charge in [-0.05, 0) is 52.5 Å². The Balaban J connectivity index is 1.47. The molecule has 2 aliphatic heterocycles. The van der Waals surface area contributed by atoms with E-state index in [2.05, 4.69) is 58.3 Å². The second-order valence-electron chi connectivity index (χ2n) is 10.8. The van der Waals surface area contributed by atoms with Gasteiger partial charge in [0.1, 0.15) is 0 Å². The summed E-state index contributed by atoms with van der Waals surface area (Å²) in [5.74, 6) is -0.135. The topological polar surface area (TPSA) is 59.1 Å². The average molecular weight is 501 g/mol. The van der Waals surface area contributed by atoms with Crippen LogP contribution in [0, 0.1) is 5.41 Å². The number of morpholine rings is 2. The lowest BCUT2D eigenvalue weighted by molar-refractivity contribution is -0.127. The smallest absolute Gasteiger partial charge is 0.166 e. The number of ketones is 2. The van der Waals surface area contributed by atoms with Crippen LogP contribution in [0.5, 0.6) is 0 Å².